The number of likely N-dealkylation sites (tertiary alicyclic amines) is 2. The Morgan fingerprint density at radius 1 is 0.926 bits per heavy atom. The lowest BCUT2D eigenvalue weighted by Gasteiger charge is -2.32. The van der Waals surface area contributed by atoms with Gasteiger partial charge in [0.1, 0.15) is 0 Å². The monoisotopic (exact) mass is 372 g/mol. The van der Waals surface area contributed by atoms with Gasteiger partial charge in [-0.05, 0) is 49.7 Å². The van der Waals surface area contributed by atoms with Crippen LogP contribution in [0.15, 0.2) is 24.3 Å². The lowest BCUT2D eigenvalue weighted by Crippen LogP contribution is -2.40. The summed E-state index contributed by atoms with van der Waals surface area (Å²) in [7, 11) is 0. The molecule has 0 bridgehead atoms. The maximum absolute atomic E-state index is 12.5. The van der Waals surface area contributed by atoms with E-state index in [1.807, 2.05) is 9.80 Å². The van der Waals surface area contributed by atoms with Crippen LogP contribution in [0, 0.1) is 5.92 Å². The molecular formula is C21H28N2O4. The molecule has 2 aliphatic rings. The number of carboxylic acid groups (broad SMARTS) is 1. The number of carboxylic acids is 1. The van der Waals surface area contributed by atoms with Gasteiger partial charge in [-0.25, -0.2) is 4.79 Å². The summed E-state index contributed by atoms with van der Waals surface area (Å²) >= 11 is 0. The highest BCUT2D eigenvalue weighted by Crippen LogP contribution is 2.23. The van der Waals surface area contributed by atoms with E-state index in [9.17, 15) is 19.5 Å². The first-order valence-electron chi connectivity index (χ1n) is 9.91. The number of carbonyl (C=O) groups is 3. The van der Waals surface area contributed by atoms with Crippen molar-refractivity contribution >= 4 is 17.8 Å². The fourth-order valence-electron chi connectivity index (χ4n) is 4.08. The van der Waals surface area contributed by atoms with E-state index in [1.54, 1.807) is 24.3 Å². The maximum atomic E-state index is 12.5. The molecule has 2 fully saturated rings. The van der Waals surface area contributed by atoms with Crippen LogP contribution in [0.2, 0.25) is 0 Å². The van der Waals surface area contributed by atoms with E-state index in [0.29, 0.717) is 43.8 Å². The second-order valence-electron chi connectivity index (χ2n) is 7.58. The van der Waals surface area contributed by atoms with E-state index >= 15 is 0 Å². The highest BCUT2D eigenvalue weighted by Gasteiger charge is 2.27. The molecule has 2 aliphatic heterocycles. The summed E-state index contributed by atoms with van der Waals surface area (Å²) in [6, 6.07) is 6.84. The van der Waals surface area contributed by atoms with Crippen molar-refractivity contribution in [3.05, 3.63) is 35.4 Å². The number of piperidine rings is 1. The van der Waals surface area contributed by atoms with Gasteiger partial charge in [0.05, 0.1) is 5.56 Å². The van der Waals surface area contributed by atoms with Crippen LogP contribution in [0.4, 0.5) is 0 Å². The Balaban J connectivity index is 1.43. The molecule has 0 aliphatic carbocycles. The molecule has 0 atom stereocenters. The zero-order valence-electron chi connectivity index (χ0n) is 15.7. The minimum atomic E-state index is -0.957. The molecule has 1 N–H and O–H groups in total. The van der Waals surface area contributed by atoms with Crippen LogP contribution < -0.4 is 0 Å². The Kier molecular flexibility index (Phi) is 6.48. The van der Waals surface area contributed by atoms with Crippen molar-refractivity contribution < 1.29 is 19.5 Å². The van der Waals surface area contributed by atoms with Crippen molar-refractivity contribution in [3.63, 3.8) is 0 Å². The standard InChI is InChI=1S/C21H28N2O4/c24-19(8-7-17-5-1-2-6-18(17)21(26)27)23-13-9-16(10-14-23)15-20(25)22-11-3-4-12-22/h1-2,5-6,16H,3-4,7-15H2,(H,26,27). The summed E-state index contributed by atoms with van der Waals surface area (Å²) in [6.45, 7) is 3.18. The van der Waals surface area contributed by atoms with Crippen LogP contribution in [0.1, 0.15) is 54.4 Å². The zero-order chi connectivity index (χ0) is 19.2. The average molecular weight is 372 g/mol. The van der Waals surface area contributed by atoms with Crippen molar-refractivity contribution in [1.82, 2.24) is 9.80 Å². The largest absolute Gasteiger partial charge is 0.478 e. The number of aromatic carboxylic acids is 1. The molecule has 0 radical (unpaired) electrons. The second kappa shape index (κ2) is 9.02. The maximum Gasteiger partial charge on any atom is 0.335 e. The molecule has 0 spiro atoms. The molecule has 2 heterocycles. The number of amides is 2. The molecule has 2 amide bonds. The molecule has 6 nitrogen and oxygen atoms in total. The molecule has 0 aromatic heterocycles. The minimum Gasteiger partial charge on any atom is -0.478 e. The molecule has 27 heavy (non-hydrogen) atoms. The van der Waals surface area contributed by atoms with Gasteiger partial charge in [0.15, 0.2) is 0 Å². The van der Waals surface area contributed by atoms with E-state index in [-0.39, 0.29) is 17.4 Å². The van der Waals surface area contributed by atoms with Crippen molar-refractivity contribution in [2.75, 3.05) is 26.2 Å². The van der Waals surface area contributed by atoms with Crippen molar-refractivity contribution in [2.24, 2.45) is 5.92 Å². The van der Waals surface area contributed by atoms with E-state index < -0.39 is 5.97 Å². The first-order chi connectivity index (χ1) is 13.0. The van der Waals surface area contributed by atoms with Crippen LogP contribution in [0.3, 0.4) is 0 Å². The molecule has 1 aromatic carbocycles. The Labute approximate surface area is 160 Å². The van der Waals surface area contributed by atoms with E-state index in [4.69, 9.17) is 0 Å². The topological polar surface area (TPSA) is 77.9 Å². The van der Waals surface area contributed by atoms with Gasteiger partial charge in [-0.2, -0.15) is 0 Å². The van der Waals surface area contributed by atoms with E-state index in [0.717, 1.165) is 38.8 Å². The number of carbonyl (C=O) groups excluding carboxylic acids is 2. The molecule has 0 saturated carbocycles. The molecule has 2 saturated heterocycles. The average Bonchev–Trinajstić information content (AvgIpc) is 3.22. The highest BCUT2D eigenvalue weighted by atomic mass is 16.4. The van der Waals surface area contributed by atoms with Gasteiger partial charge in [-0.15, -0.1) is 0 Å². The van der Waals surface area contributed by atoms with Crippen LogP contribution in [-0.4, -0.2) is 58.9 Å². The third kappa shape index (κ3) is 5.08. The third-order valence-corrected chi connectivity index (χ3v) is 5.75. The summed E-state index contributed by atoms with van der Waals surface area (Å²) in [5.74, 6) is -0.251. The lowest BCUT2D eigenvalue weighted by atomic mass is 9.92. The predicted octanol–water partition coefficient (Wildman–Crippen LogP) is 2.57. The predicted molar refractivity (Wildman–Crippen MR) is 101 cm³/mol. The van der Waals surface area contributed by atoms with Crippen molar-refractivity contribution in [2.45, 2.75) is 44.9 Å². The molecule has 146 valence electrons. The van der Waals surface area contributed by atoms with Gasteiger partial charge in [0.2, 0.25) is 11.8 Å². The Bertz CT molecular complexity index is 689. The number of nitrogens with zero attached hydrogens (tertiary/aromatic N) is 2. The van der Waals surface area contributed by atoms with Gasteiger partial charge in [0, 0.05) is 39.0 Å². The quantitative estimate of drug-likeness (QED) is 0.832. The summed E-state index contributed by atoms with van der Waals surface area (Å²) in [4.78, 5) is 39.9. The van der Waals surface area contributed by atoms with Crippen LogP contribution in [-0.2, 0) is 16.0 Å². The number of aryl methyl sites for hydroxylation is 1. The highest BCUT2D eigenvalue weighted by molar-refractivity contribution is 5.89. The van der Waals surface area contributed by atoms with Gasteiger partial charge >= 0.3 is 5.97 Å². The number of hydrogen-bond donors (Lipinski definition) is 1. The van der Waals surface area contributed by atoms with Crippen molar-refractivity contribution in [1.29, 1.82) is 0 Å². The minimum absolute atomic E-state index is 0.0690. The number of benzene rings is 1. The third-order valence-electron chi connectivity index (χ3n) is 5.75. The first-order valence-corrected chi connectivity index (χ1v) is 9.91. The molecule has 1 aromatic rings. The lowest BCUT2D eigenvalue weighted by molar-refractivity contribution is -0.133. The Hall–Kier alpha value is -2.37. The molecular weight excluding hydrogens is 344 g/mol. The number of rotatable bonds is 6. The van der Waals surface area contributed by atoms with Crippen LogP contribution >= 0.6 is 0 Å². The summed E-state index contributed by atoms with van der Waals surface area (Å²) in [6.07, 6.45) is 5.34. The van der Waals surface area contributed by atoms with Crippen LogP contribution in [0.25, 0.3) is 0 Å². The SMILES string of the molecule is O=C(O)c1ccccc1CCC(=O)N1CCC(CC(=O)N2CCCC2)CC1. The molecule has 6 heteroatoms. The summed E-state index contributed by atoms with van der Waals surface area (Å²) in [5, 5.41) is 9.23. The summed E-state index contributed by atoms with van der Waals surface area (Å²) in [5.41, 5.74) is 0.967. The number of hydrogen-bond acceptors (Lipinski definition) is 3. The normalized spacial score (nSPS) is 17.9. The smallest absolute Gasteiger partial charge is 0.335 e. The van der Waals surface area contributed by atoms with E-state index in [2.05, 4.69) is 0 Å². The fourth-order valence-corrected chi connectivity index (χ4v) is 4.08. The van der Waals surface area contributed by atoms with Gasteiger partial charge in [0.25, 0.3) is 0 Å². The van der Waals surface area contributed by atoms with Crippen molar-refractivity contribution in [3.8, 4) is 0 Å². The first kappa shape index (κ1) is 19.4. The fraction of sp³-hybridized carbons (Fsp3) is 0.571. The van der Waals surface area contributed by atoms with E-state index in [1.165, 1.54) is 0 Å². The van der Waals surface area contributed by atoms with Gasteiger partial charge < -0.3 is 14.9 Å². The molecule has 3 rings (SSSR count). The Morgan fingerprint density at radius 3 is 2.22 bits per heavy atom. The summed E-state index contributed by atoms with van der Waals surface area (Å²) < 4.78 is 0. The molecule has 0 unspecified atom stereocenters. The second-order valence-corrected chi connectivity index (χ2v) is 7.58. The Morgan fingerprint density at radius 2 is 1.56 bits per heavy atom. The van der Waals surface area contributed by atoms with Gasteiger partial charge in [-0.1, -0.05) is 18.2 Å². The zero-order valence-corrected chi connectivity index (χ0v) is 15.7. The van der Waals surface area contributed by atoms with Crippen LogP contribution in [0.5, 0.6) is 0 Å². The van der Waals surface area contributed by atoms with Gasteiger partial charge in [-0.3, -0.25) is 9.59 Å².